The Labute approximate surface area is 80.2 Å². The molecule has 0 saturated heterocycles. The van der Waals surface area contributed by atoms with E-state index in [9.17, 15) is 20.2 Å². The fourth-order valence-electron chi connectivity index (χ4n) is 0.871. The Morgan fingerprint density at radius 3 is 1.79 bits per heavy atom. The predicted octanol–water partition coefficient (Wildman–Crippen LogP) is -0.260. The zero-order chi connectivity index (χ0) is 10.7. The molecule has 1 aromatic carbocycles. The van der Waals surface area contributed by atoms with Gasteiger partial charge in [0.05, 0.1) is 15.9 Å². The van der Waals surface area contributed by atoms with Crippen LogP contribution in [0.2, 0.25) is 0 Å². The number of rotatable bonds is 3. The van der Waals surface area contributed by atoms with E-state index in [0.717, 1.165) is 18.2 Å². The van der Waals surface area contributed by atoms with Crippen molar-refractivity contribution in [2.45, 2.75) is 0 Å². The number of non-ortho nitro benzene ring substituents is 2. The molecule has 0 aromatic heterocycles. The largest absolute Gasteiger partial charge is 0.428 e. The van der Waals surface area contributed by atoms with Gasteiger partial charge in [-0.1, -0.05) is 0 Å². The second kappa shape index (κ2) is 3.94. The van der Waals surface area contributed by atoms with Crippen LogP contribution in [0.25, 0.3) is 0 Å². The molecule has 0 fully saturated rings. The lowest BCUT2D eigenvalue weighted by molar-refractivity contribution is -0.394. The molecule has 1 aromatic rings. The molecule has 0 saturated carbocycles. The van der Waals surface area contributed by atoms with Crippen LogP contribution in [0, 0.1) is 20.2 Å². The fourth-order valence-corrected chi connectivity index (χ4v) is 1.30. The van der Waals surface area contributed by atoms with Crippen molar-refractivity contribution < 1.29 is 14.6 Å². The number of nitro benzene ring substituents is 2. The molecular weight excluding hydrogens is 208 g/mol. The average molecular weight is 212 g/mol. The second-order valence-electron chi connectivity index (χ2n) is 2.36. The van der Waals surface area contributed by atoms with Gasteiger partial charge in [-0.25, -0.2) is 0 Å². The highest BCUT2D eigenvalue weighted by Crippen LogP contribution is 2.17. The SMILES string of the molecule is O=[N+]([O-])c1cc([Si]O)cc([N+](=O)[O-])c1. The minimum Gasteiger partial charge on any atom is -0.428 e. The van der Waals surface area contributed by atoms with Gasteiger partial charge < -0.3 is 4.80 Å². The zero-order valence-corrected chi connectivity index (χ0v) is 7.71. The summed E-state index contributed by atoms with van der Waals surface area (Å²) in [6.07, 6.45) is 0. The van der Waals surface area contributed by atoms with E-state index in [1.54, 1.807) is 0 Å². The van der Waals surface area contributed by atoms with Crippen LogP contribution in [0.1, 0.15) is 0 Å². The zero-order valence-electron chi connectivity index (χ0n) is 6.71. The third-order valence-electron chi connectivity index (χ3n) is 1.45. The van der Waals surface area contributed by atoms with Gasteiger partial charge in [0, 0.05) is 12.1 Å². The van der Waals surface area contributed by atoms with E-state index in [0.29, 0.717) is 0 Å². The molecular formula is C6H4N2O5Si. The number of benzene rings is 1. The number of hydrogen-bond acceptors (Lipinski definition) is 5. The summed E-state index contributed by atoms with van der Waals surface area (Å²) < 4.78 is 0. The molecule has 0 bridgehead atoms. The summed E-state index contributed by atoms with van der Waals surface area (Å²) in [5, 5.41) is 20.9. The number of hydrogen-bond donors (Lipinski definition) is 1. The molecule has 0 aliphatic heterocycles. The van der Waals surface area contributed by atoms with Crippen LogP contribution in [0.5, 0.6) is 0 Å². The van der Waals surface area contributed by atoms with Crippen molar-refractivity contribution in [3.8, 4) is 0 Å². The maximum atomic E-state index is 10.3. The average Bonchev–Trinajstić information content (AvgIpc) is 2.16. The van der Waals surface area contributed by atoms with Crippen LogP contribution in [0.15, 0.2) is 18.2 Å². The third-order valence-corrected chi connectivity index (χ3v) is 2.00. The van der Waals surface area contributed by atoms with Gasteiger partial charge in [-0.2, -0.15) is 0 Å². The van der Waals surface area contributed by atoms with Crippen molar-refractivity contribution in [2.24, 2.45) is 0 Å². The highest BCUT2D eigenvalue weighted by molar-refractivity contribution is 6.45. The van der Waals surface area contributed by atoms with Crippen molar-refractivity contribution >= 4 is 26.3 Å². The minimum atomic E-state index is -0.739. The van der Waals surface area contributed by atoms with Crippen molar-refractivity contribution in [1.29, 1.82) is 0 Å². The lowest BCUT2D eigenvalue weighted by atomic mass is 10.3. The van der Waals surface area contributed by atoms with Crippen LogP contribution in [-0.4, -0.2) is 24.4 Å². The Morgan fingerprint density at radius 2 is 1.50 bits per heavy atom. The Hall–Kier alpha value is -1.80. The molecule has 2 radical (unpaired) electrons. The van der Waals surface area contributed by atoms with Crippen molar-refractivity contribution in [3.05, 3.63) is 38.4 Å². The summed E-state index contributed by atoms with van der Waals surface area (Å²) >= 11 is 0. The Kier molecular flexibility index (Phi) is 2.89. The van der Waals surface area contributed by atoms with Gasteiger partial charge in [0.25, 0.3) is 21.1 Å². The maximum absolute atomic E-state index is 10.3. The first-order valence-corrected chi connectivity index (χ1v) is 4.33. The summed E-state index contributed by atoms with van der Waals surface area (Å²) in [4.78, 5) is 28.0. The van der Waals surface area contributed by atoms with Crippen molar-refractivity contribution in [1.82, 2.24) is 0 Å². The van der Waals surface area contributed by atoms with Gasteiger partial charge >= 0.3 is 0 Å². The molecule has 0 spiro atoms. The lowest BCUT2D eigenvalue weighted by Crippen LogP contribution is -2.14. The molecule has 0 amide bonds. The predicted molar refractivity (Wildman–Crippen MR) is 47.4 cm³/mol. The molecule has 0 aliphatic rings. The van der Waals surface area contributed by atoms with E-state index >= 15 is 0 Å². The first-order chi connectivity index (χ1) is 6.54. The molecule has 14 heavy (non-hydrogen) atoms. The van der Waals surface area contributed by atoms with E-state index < -0.39 is 31.0 Å². The van der Waals surface area contributed by atoms with E-state index in [4.69, 9.17) is 4.80 Å². The standard InChI is InChI=1S/C6H4N2O5Si/c9-7(10)4-1-5(8(11)12)3-6(2-4)14-13/h1-3,13H. The minimum absolute atomic E-state index is 0.172. The third kappa shape index (κ3) is 2.11. The van der Waals surface area contributed by atoms with E-state index in [-0.39, 0.29) is 5.19 Å². The monoisotopic (exact) mass is 212 g/mol. The van der Waals surface area contributed by atoms with E-state index in [1.807, 2.05) is 0 Å². The molecule has 8 heteroatoms. The highest BCUT2D eigenvalue weighted by Gasteiger charge is 2.16. The molecule has 0 unspecified atom stereocenters. The number of nitro groups is 2. The smallest absolute Gasteiger partial charge is 0.276 e. The van der Waals surface area contributed by atoms with Gasteiger partial charge in [-0.3, -0.25) is 20.2 Å². The Morgan fingerprint density at radius 1 is 1.07 bits per heavy atom. The summed E-state index contributed by atoms with van der Waals surface area (Å²) in [7, 11) is -0.701. The maximum Gasteiger partial charge on any atom is 0.276 e. The first kappa shape index (κ1) is 10.3. The molecule has 1 rings (SSSR count). The van der Waals surface area contributed by atoms with Gasteiger partial charge in [0.15, 0.2) is 0 Å². The highest BCUT2D eigenvalue weighted by atomic mass is 28.2. The molecule has 0 aliphatic carbocycles. The molecule has 7 nitrogen and oxygen atoms in total. The fraction of sp³-hybridized carbons (Fsp3) is 0. The Bertz CT molecular complexity index is 362. The Balaban J connectivity index is 3.27. The molecule has 0 heterocycles. The number of nitrogens with zero attached hydrogens (tertiary/aromatic N) is 2. The van der Waals surface area contributed by atoms with Crippen LogP contribution < -0.4 is 5.19 Å². The van der Waals surface area contributed by atoms with Gasteiger partial charge in [0.2, 0.25) is 0 Å². The molecule has 1 N–H and O–H groups in total. The normalized spacial score (nSPS) is 9.79. The van der Waals surface area contributed by atoms with Crippen LogP contribution in [-0.2, 0) is 0 Å². The quantitative estimate of drug-likeness (QED) is 0.422. The van der Waals surface area contributed by atoms with E-state index in [1.165, 1.54) is 0 Å². The van der Waals surface area contributed by atoms with Gasteiger partial charge in [-0.05, 0) is 5.19 Å². The van der Waals surface area contributed by atoms with Crippen molar-refractivity contribution in [2.75, 3.05) is 0 Å². The van der Waals surface area contributed by atoms with Crippen LogP contribution in [0.4, 0.5) is 11.4 Å². The molecule has 0 atom stereocenters. The van der Waals surface area contributed by atoms with E-state index in [2.05, 4.69) is 0 Å². The van der Waals surface area contributed by atoms with Crippen LogP contribution in [0.3, 0.4) is 0 Å². The summed E-state index contributed by atoms with van der Waals surface area (Å²) in [6.45, 7) is 0. The van der Waals surface area contributed by atoms with Crippen molar-refractivity contribution in [3.63, 3.8) is 0 Å². The topological polar surface area (TPSA) is 107 Å². The first-order valence-electron chi connectivity index (χ1n) is 3.38. The lowest BCUT2D eigenvalue weighted by Gasteiger charge is -1.96. The molecule has 72 valence electrons. The summed E-state index contributed by atoms with van der Waals surface area (Å²) in [5.74, 6) is 0. The summed E-state index contributed by atoms with van der Waals surface area (Å²) in [5.41, 5.74) is -0.786. The second-order valence-corrected chi connectivity index (χ2v) is 3.17. The van der Waals surface area contributed by atoms with Crippen LogP contribution >= 0.6 is 0 Å². The van der Waals surface area contributed by atoms with Gasteiger partial charge in [0.1, 0.15) is 0 Å². The van der Waals surface area contributed by atoms with Gasteiger partial charge in [-0.15, -0.1) is 0 Å². The summed E-state index contributed by atoms with van der Waals surface area (Å²) in [6, 6.07) is 3.06.